The molecule has 1 aliphatic carbocycles. The Balaban J connectivity index is 2.02. The molecule has 106 valence electrons. The van der Waals surface area contributed by atoms with Gasteiger partial charge in [0.15, 0.2) is 0 Å². The third kappa shape index (κ3) is 3.08. The Kier molecular flexibility index (Phi) is 5.50. The van der Waals surface area contributed by atoms with Gasteiger partial charge in [-0.05, 0) is 45.1 Å². The molecule has 0 aromatic rings. The molecule has 2 heteroatoms. The normalized spacial score (nSPS) is 34.7. The highest BCUT2D eigenvalue weighted by molar-refractivity contribution is 4.97. The zero-order valence-electron chi connectivity index (χ0n) is 12.3. The van der Waals surface area contributed by atoms with Crippen LogP contribution in [-0.4, -0.2) is 25.8 Å². The minimum Gasteiger partial charge on any atom is -0.378 e. The van der Waals surface area contributed by atoms with Gasteiger partial charge in [0.05, 0.1) is 6.10 Å². The van der Waals surface area contributed by atoms with Crippen LogP contribution in [0.15, 0.2) is 0 Å². The fraction of sp³-hybridized carbons (Fsp3) is 1.00. The van der Waals surface area contributed by atoms with Crippen molar-refractivity contribution in [2.24, 2.45) is 11.3 Å². The molecular weight excluding hydrogens is 222 g/mol. The van der Waals surface area contributed by atoms with E-state index in [1.165, 1.54) is 57.9 Å². The maximum Gasteiger partial charge on any atom is 0.0618 e. The molecule has 1 saturated carbocycles. The lowest BCUT2D eigenvalue weighted by Gasteiger charge is -2.40. The quantitative estimate of drug-likeness (QED) is 0.595. The molecule has 1 saturated heterocycles. The van der Waals surface area contributed by atoms with Crippen molar-refractivity contribution in [3.63, 3.8) is 0 Å². The van der Waals surface area contributed by atoms with Gasteiger partial charge >= 0.3 is 0 Å². The van der Waals surface area contributed by atoms with Crippen LogP contribution in [0.3, 0.4) is 0 Å². The summed E-state index contributed by atoms with van der Waals surface area (Å²) in [6.45, 7) is 7.87. The molecule has 2 nitrogen and oxygen atoms in total. The van der Waals surface area contributed by atoms with Crippen LogP contribution in [0.2, 0.25) is 0 Å². The SMILES string of the molecule is CCCNCC1(C2CCCCCC2)CCOC1C. The lowest BCUT2D eigenvalue weighted by atomic mass is 9.67. The van der Waals surface area contributed by atoms with Crippen LogP contribution >= 0.6 is 0 Å². The van der Waals surface area contributed by atoms with E-state index in [2.05, 4.69) is 19.2 Å². The third-order valence-corrected chi connectivity index (χ3v) is 5.29. The van der Waals surface area contributed by atoms with Crippen molar-refractivity contribution in [1.82, 2.24) is 5.32 Å². The van der Waals surface area contributed by atoms with Gasteiger partial charge in [0, 0.05) is 18.6 Å². The number of rotatable bonds is 5. The van der Waals surface area contributed by atoms with Crippen LogP contribution in [0.25, 0.3) is 0 Å². The van der Waals surface area contributed by atoms with E-state index in [0.717, 1.165) is 19.1 Å². The molecule has 2 aliphatic rings. The maximum atomic E-state index is 5.95. The van der Waals surface area contributed by atoms with Crippen molar-refractivity contribution in [2.75, 3.05) is 19.7 Å². The van der Waals surface area contributed by atoms with Gasteiger partial charge in [-0.15, -0.1) is 0 Å². The van der Waals surface area contributed by atoms with Gasteiger partial charge in [-0.1, -0.05) is 32.6 Å². The van der Waals surface area contributed by atoms with E-state index in [-0.39, 0.29) is 0 Å². The lowest BCUT2D eigenvalue weighted by Crippen LogP contribution is -2.45. The van der Waals surface area contributed by atoms with Crippen LogP contribution < -0.4 is 5.32 Å². The molecule has 0 radical (unpaired) electrons. The second kappa shape index (κ2) is 6.91. The van der Waals surface area contributed by atoms with Crippen molar-refractivity contribution in [2.45, 2.75) is 71.3 Å². The minimum absolute atomic E-state index is 0.430. The Hall–Kier alpha value is -0.0800. The van der Waals surface area contributed by atoms with Gasteiger partial charge in [-0.3, -0.25) is 0 Å². The maximum absolute atomic E-state index is 5.95. The summed E-state index contributed by atoms with van der Waals surface area (Å²) in [5.41, 5.74) is 0.430. The van der Waals surface area contributed by atoms with Gasteiger partial charge in [0.1, 0.15) is 0 Å². The standard InChI is InChI=1S/C16H31NO/c1-3-11-17-13-16(10-12-18-14(16)2)15-8-6-4-5-7-9-15/h14-15,17H,3-13H2,1-2H3. The van der Waals surface area contributed by atoms with Crippen molar-refractivity contribution in [1.29, 1.82) is 0 Å². The Bertz CT molecular complexity index is 235. The molecule has 0 amide bonds. The Morgan fingerprint density at radius 2 is 1.89 bits per heavy atom. The third-order valence-electron chi connectivity index (χ3n) is 5.29. The van der Waals surface area contributed by atoms with Crippen LogP contribution in [0, 0.1) is 11.3 Å². The zero-order valence-corrected chi connectivity index (χ0v) is 12.3. The summed E-state index contributed by atoms with van der Waals surface area (Å²) in [4.78, 5) is 0. The predicted octanol–water partition coefficient (Wildman–Crippen LogP) is 3.75. The highest BCUT2D eigenvalue weighted by Crippen LogP contribution is 2.46. The number of hydrogen-bond donors (Lipinski definition) is 1. The highest BCUT2D eigenvalue weighted by atomic mass is 16.5. The second-order valence-electron chi connectivity index (χ2n) is 6.36. The van der Waals surface area contributed by atoms with E-state index in [4.69, 9.17) is 4.74 Å². The van der Waals surface area contributed by atoms with E-state index in [9.17, 15) is 0 Å². The van der Waals surface area contributed by atoms with Crippen LogP contribution in [0.5, 0.6) is 0 Å². The van der Waals surface area contributed by atoms with E-state index in [1.807, 2.05) is 0 Å². The van der Waals surface area contributed by atoms with Crippen molar-refractivity contribution in [3.05, 3.63) is 0 Å². The molecule has 2 unspecified atom stereocenters. The predicted molar refractivity (Wildman–Crippen MR) is 76.8 cm³/mol. The molecule has 0 aromatic carbocycles. The van der Waals surface area contributed by atoms with Crippen LogP contribution in [0.4, 0.5) is 0 Å². The van der Waals surface area contributed by atoms with Gasteiger partial charge in [-0.2, -0.15) is 0 Å². The largest absolute Gasteiger partial charge is 0.378 e. The molecular formula is C16H31NO. The summed E-state index contributed by atoms with van der Waals surface area (Å²) in [7, 11) is 0. The molecule has 0 bridgehead atoms. The first-order chi connectivity index (χ1) is 8.79. The molecule has 2 atom stereocenters. The molecule has 1 N–H and O–H groups in total. The molecule has 1 heterocycles. The summed E-state index contributed by atoms with van der Waals surface area (Å²) >= 11 is 0. The van der Waals surface area contributed by atoms with Crippen LogP contribution in [0.1, 0.15) is 65.2 Å². The highest BCUT2D eigenvalue weighted by Gasteiger charge is 2.46. The first-order valence-electron chi connectivity index (χ1n) is 8.12. The molecule has 0 aromatic heterocycles. The minimum atomic E-state index is 0.430. The van der Waals surface area contributed by atoms with Crippen molar-refractivity contribution < 1.29 is 4.74 Å². The molecule has 1 aliphatic heterocycles. The number of nitrogens with one attached hydrogen (secondary N) is 1. The van der Waals surface area contributed by atoms with Crippen molar-refractivity contribution in [3.8, 4) is 0 Å². The summed E-state index contributed by atoms with van der Waals surface area (Å²) in [6.07, 6.45) is 11.6. The molecule has 18 heavy (non-hydrogen) atoms. The van der Waals surface area contributed by atoms with E-state index < -0.39 is 0 Å². The number of ether oxygens (including phenoxy) is 1. The first kappa shape index (κ1) is 14.3. The fourth-order valence-corrected chi connectivity index (χ4v) is 4.06. The van der Waals surface area contributed by atoms with Gasteiger partial charge < -0.3 is 10.1 Å². The summed E-state index contributed by atoms with van der Waals surface area (Å²) < 4.78 is 5.95. The van der Waals surface area contributed by atoms with E-state index in [1.54, 1.807) is 0 Å². The van der Waals surface area contributed by atoms with Crippen molar-refractivity contribution >= 4 is 0 Å². The van der Waals surface area contributed by atoms with Gasteiger partial charge in [-0.25, -0.2) is 0 Å². The molecule has 2 fully saturated rings. The Morgan fingerprint density at radius 3 is 2.44 bits per heavy atom. The first-order valence-corrected chi connectivity index (χ1v) is 8.12. The summed E-state index contributed by atoms with van der Waals surface area (Å²) in [5.74, 6) is 0.891. The lowest BCUT2D eigenvalue weighted by molar-refractivity contribution is 0.0223. The summed E-state index contributed by atoms with van der Waals surface area (Å²) in [6, 6.07) is 0. The van der Waals surface area contributed by atoms with E-state index in [0.29, 0.717) is 11.5 Å². The Morgan fingerprint density at radius 1 is 1.17 bits per heavy atom. The van der Waals surface area contributed by atoms with Gasteiger partial charge in [0.2, 0.25) is 0 Å². The Labute approximate surface area is 113 Å². The number of hydrogen-bond acceptors (Lipinski definition) is 2. The average Bonchev–Trinajstić information content (AvgIpc) is 2.60. The second-order valence-corrected chi connectivity index (χ2v) is 6.36. The fourth-order valence-electron chi connectivity index (χ4n) is 4.06. The van der Waals surface area contributed by atoms with E-state index >= 15 is 0 Å². The van der Waals surface area contributed by atoms with Crippen LogP contribution in [-0.2, 0) is 4.74 Å². The topological polar surface area (TPSA) is 21.3 Å². The zero-order chi connectivity index (χ0) is 12.8. The molecule has 2 rings (SSSR count). The van der Waals surface area contributed by atoms with Gasteiger partial charge in [0.25, 0.3) is 0 Å². The smallest absolute Gasteiger partial charge is 0.0618 e. The monoisotopic (exact) mass is 253 g/mol. The average molecular weight is 253 g/mol. The molecule has 0 spiro atoms. The summed E-state index contributed by atoms with van der Waals surface area (Å²) in [5, 5.41) is 3.69.